The van der Waals surface area contributed by atoms with Gasteiger partial charge in [-0.25, -0.2) is 0 Å². The third-order valence-corrected chi connectivity index (χ3v) is 4.74. The van der Waals surface area contributed by atoms with E-state index in [4.69, 9.17) is 34.8 Å². The van der Waals surface area contributed by atoms with E-state index in [1.54, 1.807) is 25.1 Å². The molecule has 0 saturated heterocycles. The number of hydrogen-bond donors (Lipinski definition) is 0. The molecule has 0 N–H and O–H groups in total. The fourth-order valence-electron chi connectivity index (χ4n) is 2.31. The molecule has 0 aromatic heterocycles. The molecular formula is C15H13Cl3F3N. The van der Waals surface area contributed by atoms with Crippen LogP contribution in [0.5, 0.6) is 0 Å². The molecule has 120 valence electrons. The van der Waals surface area contributed by atoms with Crippen molar-refractivity contribution in [2.45, 2.75) is 18.5 Å². The van der Waals surface area contributed by atoms with Crippen LogP contribution < -0.4 is 4.90 Å². The molecule has 0 radical (unpaired) electrons. The molecule has 1 unspecified atom stereocenters. The summed E-state index contributed by atoms with van der Waals surface area (Å²) in [5.74, 6) is -0.560. The molecule has 2 rings (SSSR count). The lowest BCUT2D eigenvalue weighted by Gasteiger charge is -2.24. The molecule has 0 saturated carbocycles. The summed E-state index contributed by atoms with van der Waals surface area (Å²) in [5.41, 5.74) is -0.0768. The van der Waals surface area contributed by atoms with E-state index in [0.717, 1.165) is 6.07 Å². The van der Waals surface area contributed by atoms with Gasteiger partial charge in [-0.1, -0.05) is 46.9 Å². The van der Waals surface area contributed by atoms with Crippen LogP contribution in [0.4, 0.5) is 18.9 Å². The quantitative estimate of drug-likeness (QED) is 0.610. The summed E-state index contributed by atoms with van der Waals surface area (Å²) < 4.78 is 40.1. The Morgan fingerprint density at radius 1 is 1.14 bits per heavy atom. The Bertz CT molecular complexity index is 648. The summed E-state index contributed by atoms with van der Waals surface area (Å²) in [6, 6.07) is 4.23. The Labute approximate surface area is 141 Å². The lowest BCUT2D eigenvalue weighted by Crippen LogP contribution is -2.16. The second-order valence-electron chi connectivity index (χ2n) is 5.21. The van der Waals surface area contributed by atoms with Crippen molar-refractivity contribution >= 4 is 40.5 Å². The Balaban J connectivity index is 2.53. The number of allylic oxidation sites excluding steroid dienone is 4. The Morgan fingerprint density at radius 3 is 2.27 bits per heavy atom. The van der Waals surface area contributed by atoms with Crippen LogP contribution >= 0.6 is 34.8 Å². The number of benzene rings is 1. The maximum absolute atomic E-state index is 13.4. The van der Waals surface area contributed by atoms with E-state index in [2.05, 4.69) is 0 Å². The van der Waals surface area contributed by atoms with Crippen molar-refractivity contribution in [3.8, 4) is 0 Å². The number of halogens is 6. The molecular weight excluding hydrogens is 358 g/mol. The van der Waals surface area contributed by atoms with Gasteiger partial charge >= 0.3 is 6.18 Å². The molecule has 0 bridgehead atoms. The first-order valence-corrected chi connectivity index (χ1v) is 7.55. The fraction of sp³-hybridized carbons (Fsp3) is 0.333. The lowest BCUT2D eigenvalue weighted by molar-refractivity contribution is -0.138. The summed E-state index contributed by atoms with van der Waals surface area (Å²) in [6.45, 7) is 0. The van der Waals surface area contributed by atoms with Gasteiger partial charge in [-0.05, 0) is 24.1 Å². The number of alkyl halides is 3. The molecule has 0 fully saturated rings. The number of rotatable bonds is 2. The predicted octanol–water partition coefficient (Wildman–Crippen LogP) is 6.07. The van der Waals surface area contributed by atoms with E-state index < -0.39 is 17.7 Å². The summed E-state index contributed by atoms with van der Waals surface area (Å²) >= 11 is 17.8. The Morgan fingerprint density at radius 2 is 1.77 bits per heavy atom. The summed E-state index contributed by atoms with van der Waals surface area (Å²) in [5, 5.41) is 0.634. The smallest absolute Gasteiger partial charge is 0.378 e. The molecule has 0 heterocycles. The van der Waals surface area contributed by atoms with E-state index in [0.29, 0.717) is 5.69 Å². The zero-order chi connectivity index (χ0) is 16.7. The number of nitrogens with zero attached hydrogens (tertiary/aromatic N) is 1. The van der Waals surface area contributed by atoms with Crippen LogP contribution in [-0.4, -0.2) is 14.1 Å². The van der Waals surface area contributed by atoms with Gasteiger partial charge < -0.3 is 4.90 Å². The van der Waals surface area contributed by atoms with Crippen LogP contribution in [-0.2, 0) is 6.18 Å². The largest absolute Gasteiger partial charge is 0.416 e. The van der Waals surface area contributed by atoms with Gasteiger partial charge in [-0.2, -0.15) is 13.2 Å². The molecule has 0 spiro atoms. The Kier molecular flexibility index (Phi) is 5.05. The molecule has 1 aromatic rings. The maximum Gasteiger partial charge on any atom is 0.416 e. The SMILES string of the molecule is CN(C)c1ccc(C2C=C(Cl)C(Cl)=C(Cl)C2)c(C(F)(F)F)c1. The molecule has 1 nitrogen and oxygen atoms in total. The van der Waals surface area contributed by atoms with Crippen molar-refractivity contribution in [1.82, 2.24) is 0 Å². The van der Waals surface area contributed by atoms with E-state index in [-0.39, 0.29) is 27.1 Å². The second-order valence-corrected chi connectivity index (χ2v) is 6.45. The van der Waals surface area contributed by atoms with Gasteiger partial charge in [-0.15, -0.1) is 0 Å². The topological polar surface area (TPSA) is 3.24 Å². The lowest BCUT2D eigenvalue weighted by atomic mass is 9.88. The van der Waals surface area contributed by atoms with Gasteiger partial charge in [0, 0.05) is 30.7 Å². The second kappa shape index (κ2) is 6.34. The first-order valence-electron chi connectivity index (χ1n) is 6.41. The van der Waals surface area contributed by atoms with Crippen molar-refractivity contribution in [3.63, 3.8) is 0 Å². The normalized spacial score (nSPS) is 19.3. The zero-order valence-corrected chi connectivity index (χ0v) is 14.1. The van der Waals surface area contributed by atoms with Crippen LogP contribution in [0.3, 0.4) is 0 Å². The summed E-state index contributed by atoms with van der Waals surface area (Å²) in [4.78, 5) is 1.62. The predicted molar refractivity (Wildman–Crippen MR) is 85.8 cm³/mol. The zero-order valence-electron chi connectivity index (χ0n) is 11.8. The maximum atomic E-state index is 13.4. The van der Waals surface area contributed by atoms with Gasteiger partial charge in [0.05, 0.1) is 15.6 Å². The van der Waals surface area contributed by atoms with Crippen molar-refractivity contribution < 1.29 is 13.2 Å². The van der Waals surface area contributed by atoms with Crippen molar-refractivity contribution in [3.05, 3.63) is 50.5 Å². The molecule has 0 amide bonds. The molecule has 1 aliphatic rings. The number of hydrogen-bond acceptors (Lipinski definition) is 1. The van der Waals surface area contributed by atoms with Crippen LogP contribution in [0.2, 0.25) is 0 Å². The summed E-state index contributed by atoms with van der Waals surface area (Å²) in [7, 11) is 3.37. The standard InChI is InChI=1S/C15H13Cl3F3N/c1-22(2)9-3-4-10(11(7-9)15(19,20)21)8-5-12(16)14(18)13(17)6-8/h3-5,7-8H,6H2,1-2H3. The summed E-state index contributed by atoms with van der Waals surface area (Å²) in [6.07, 6.45) is -2.75. The molecule has 1 aromatic carbocycles. The van der Waals surface area contributed by atoms with E-state index in [9.17, 15) is 13.2 Å². The van der Waals surface area contributed by atoms with Crippen LogP contribution in [0, 0.1) is 0 Å². The van der Waals surface area contributed by atoms with E-state index in [1.807, 2.05) is 0 Å². The highest BCUT2D eigenvalue weighted by molar-refractivity contribution is 6.48. The van der Waals surface area contributed by atoms with Crippen molar-refractivity contribution in [1.29, 1.82) is 0 Å². The highest BCUT2D eigenvalue weighted by Crippen LogP contribution is 2.44. The molecule has 1 atom stereocenters. The van der Waals surface area contributed by atoms with Crippen molar-refractivity contribution in [2.24, 2.45) is 0 Å². The average Bonchev–Trinajstić information content (AvgIpc) is 2.42. The molecule has 7 heteroatoms. The van der Waals surface area contributed by atoms with E-state index in [1.165, 1.54) is 12.1 Å². The van der Waals surface area contributed by atoms with Gasteiger partial charge in [-0.3, -0.25) is 0 Å². The first-order chi connectivity index (χ1) is 10.1. The van der Waals surface area contributed by atoms with E-state index >= 15 is 0 Å². The van der Waals surface area contributed by atoms with Crippen molar-refractivity contribution in [2.75, 3.05) is 19.0 Å². The van der Waals surface area contributed by atoms with Gasteiger partial charge in [0.2, 0.25) is 0 Å². The minimum absolute atomic E-state index is 0.138. The highest BCUT2D eigenvalue weighted by atomic mass is 35.5. The van der Waals surface area contributed by atoms with Gasteiger partial charge in [0.1, 0.15) is 0 Å². The minimum atomic E-state index is -4.46. The van der Waals surface area contributed by atoms with Crippen LogP contribution in [0.1, 0.15) is 23.5 Å². The van der Waals surface area contributed by atoms with Crippen LogP contribution in [0.25, 0.3) is 0 Å². The third-order valence-electron chi connectivity index (χ3n) is 3.45. The Hall–Kier alpha value is -0.840. The molecule has 1 aliphatic carbocycles. The van der Waals surface area contributed by atoms with Crippen LogP contribution in [0.15, 0.2) is 39.4 Å². The minimum Gasteiger partial charge on any atom is -0.378 e. The number of anilines is 1. The van der Waals surface area contributed by atoms with Gasteiger partial charge in [0.25, 0.3) is 0 Å². The average molecular weight is 371 g/mol. The monoisotopic (exact) mass is 369 g/mol. The first kappa shape index (κ1) is 17.5. The highest BCUT2D eigenvalue weighted by Gasteiger charge is 2.36. The molecule has 0 aliphatic heterocycles. The van der Waals surface area contributed by atoms with Gasteiger partial charge in [0.15, 0.2) is 0 Å². The molecule has 22 heavy (non-hydrogen) atoms. The third kappa shape index (κ3) is 3.55. The fourth-order valence-corrected chi connectivity index (χ4v) is 3.03.